The molecule has 2 N–H and O–H groups in total. The minimum atomic E-state index is -0.364. The predicted molar refractivity (Wildman–Crippen MR) is 67.1 cm³/mol. The van der Waals surface area contributed by atoms with Crippen LogP contribution in [0.15, 0.2) is 18.2 Å². The molecule has 0 aromatic heterocycles. The monoisotopic (exact) mass is 252 g/mol. The maximum Gasteiger partial charge on any atom is 0.227 e. The number of nitrogens with two attached hydrogens (primary N) is 1. The fourth-order valence-corrected chi connectivity index (χ4v) is 2.04. The Bertz CT molecular complexity index is 451. The molecular weight excluding hydrogens is 235 g/mol. The van der Waals surface area contributed by atoms with Gasteiger partial charge in [0, 0.05) is 12.5 Å². The van der Waals surface area contributed by atoms with E-state index in [0.29, 0.717) is 37.4 Å². The van der Waals surface area contributed by atoms with E-state index >= 15 is 0 Å². The zero-order chi connectivity index (χ0) is 13.1. The number of rotatable bonds is 3. The van der Waals surface area contributed by atoms with Crippen LogP contribution in [0, 0.1) is 5.82 Å². The van der Waals surface area contributed by atoms with Gasteiger partial charge in [-0.15, -0.1) is 0 Å². The van der Waals surface area contributed by atoms with Gasteiger partial charge in [-0.2, -0.15) is 0 Å². The molecule has 0 bridgehead atoms. The molecule has 18 heavy (non-hydrogen) atoms. The Hall–Kier alpha value is -1.62. The number of carbonyl (C=O) groups is 1. The van der Waals surface area contributed by atoms with E-state index in [-0.39, 0.29) is 17.8 Å². The summed E-state index contributed by atoms with van der Waals surface area (Å²) >= 11 is 0. The molecule has 1 heterocycles. The molecule has 1 unspecified atom stereocenters. The van der Waals surface area contributed by atoms with E-state index < -0.39 is 0 Å². The molecule has 0 aliphatic carbocycles. The van der Waals surface area contributed by atoms with Gasteiger partial charge in [-0.3, -0.25) is 4.79 Å². The number of benzene rings is 1. The molecule has 4 nitrogen and oxygen atoms in total. The molecule has 1 amide bonds. The third-order valence-electron chi connectivity index (χ3n) is 2.88. The maximum atomic E-state index is 13.2. The lowest BCUT2D eigenvalue weighted by Gasteiger charge is -2.33. The number of halogens is 1. The molecule has 1 aromatic carbocycles. The lowest BCUT2D eigenvalue weighted by molar-refractivity contribution is -0.119. The van der Waals surface area contributed by atoms with Crippen LogP contribution in [0.5, 0.6) is 5.75 Å². The summed E-state index contributed by atoms with van der Waals surface area (Å²) in [4.78, 5) is 13.7. The van der Waals surface area contributed by atoms with E-state index in [1.165, 1.54) is 12.1 Å². The summed E-state index contributed by atoms with van der Waals surface area (Å²) < 4.78 is 18.7. The Morgan fingerprint density at radius 3 is 3.11 bits per heavy atom. The van der Waals surface area contributed by atoms with Crippen molar-refractivity contribution in [2.24, 2.45) is 5.73 Å². The van der Waals surface area contributed by atoms with Crippen molar-refractivity contribution >= 4 is 11.6 Å². The average molecular weight is 252 g/mol. The molecular formula is C13H17FN2O2. The fourth-order valence-electron chi connectivity index (χ4n) is 2.04. The molecule has 1 aromatic rings. The number of fused-ring (bicyclic) bond motifs is 1. The van der Waals surface area contributed by atoms with Gasteiger partial charge in [0.2, 0.25) is 5.91 Å². The first kappa shape index (κ1) is 12.8. The van der Waals surface area contributed by atoms with Crippen LogP contribution in [0.4, 0.5) is 10.1 Å². The van der Waals surface area contributed by atoms with Crippen molar-refractivity contribution in [2.75, 3.05) is 18.0 Å². The molecule has 0 fully saturated rings. The summed E-state index contributed by atoms with van der Waals surface area (Å²) in [7, 11) is 0. The molecule has 98 valence electrons. The van der Waals surface area contributed by atoms with E-state index in [9.17, 15) is 9.18 Å². The number of ether oxygens (including phenoxy) is 1. The third kappa shape index (κ3) is 2.61. The van der Waals surface area contributed by atoms with Gasteiger partial charge in [0.05, 0.1) is 12.2 Å². The topological polar surface area (TPSA) is 55.6 Å². The van der Waals surface area contributed by atoms with Gasteiger partial charge in [0.25, 0.3) is 0 Å². The first-order valence-electron chi connectivity index (χ1n) is 6.08. The first-order chi connectivity index (χ1) is 8.61. The van der Waals surface area contributed by atoms with Crippen LogP contribution in [0.3, 0.4) is 0 Å². The molecule has 1 atom stereocenters. The van der Waals surface area contributed by atoms with E-state index in [2.05, 4.69) is 0 Å². The Kier molecular flexibility index (Phi) is 3.81. The second-order valence-corrected chi connectivity index (χ2v) is 4.44. The van der Waals surface area contributed by atoms with Crippen LogP contribution in [-0.4, -0.2) is 25.1 Å². The maximum absolute atomic E-state index is 13.2. The van der Waals surface area contributed by atoms with Crippen molar-refractivity contribution in [1.82, 2.24) is 0 Å². The smallest absolute Gasteiger partial charge is 0.227 e. The van der Waals surface area contributed by atoms with Gasteiger partial charge >= 0.3 is 0 Å². The SMILES string of the molecule is CC1CN(C(=O)CCCN)c2ccc(F)cc2O1. The lowest BCUT2D eigenvalue weighted by atomic mass is 10.1. The van der Waals surface area contributed by atoms with Crippen molar-refractivity contribution in [1.29, 1.82) is 0 Å². The number of amides is 1. The summed E-state index contributed by atoms with van der Waals surface area (Å²) in [5.41, 5.74) is 6.04. The first-order valence-corrected chi connectivity index (χ1v) is 6.08. The standard InChI is InChI=1S/C13H17FN2O2/c1-9-8-16(13(17)3-2-6-15)11-5-4-10(14)7-12(11)18-9/h4-5,7,9H,2-3,6,8,15H2,1H3. The molecule has 1 aliphatic rings. The van der Waals surface area contributed by atoms with Gasteiger partial charge in [-0.05, 0) is 32.0 Å². The van der Waals surface area contributed by atoms with Crippen molar-refractivity contribution in [3.05, 3.63) is 24.0 Å². The van der Waals surface area contributed by atoms with Crippen LogP contribution >= 0.6 is 0 Å². The van der Waals surface area contributed by atoms with Gasteiger partial charge in [0.1, 0.15) is 17.7 Å². The molecule has 0 saturated carbocycles. The molecule has 1 aliphatic heterocycles. The molecule has 0 saturated heterocycles. The van der Waals surface area contributed by atoms with Crippen LogP contribution in [0.25, 0.3) is 0 Å². The predicted octanol–water partition coefficient (Wildman–Crippen LogP) is 1.68. The highest BCUT2D eigenvalue weighted by atomic mass is 19.1. The molecule has 0 spiro atoms. The summed E-state index contributed by atoms with van der Waals surface area (Å²) in [6, 6.07) is 4.23. The molecule has 5 heteroatoms. The zero-order valence-corrected chi connectivity index (χ0v) is 10.4. The van der Waals surface area contributed by atoms with E-state index in [1.54, 1.807) is 11.0 Å². The van der Waals surface area contributed by atoms with Crippen molar-refractivity contribution < 1.29 is 13.9 Å². The van der Waals surface area contributed by atoms with E-state index in [0.717, 1.165) is 0 Å². The Morgan fingerprint density at radius 1 is 1.61 bits per heavy atom. The Balaban J connectivity index is 2.25. The number of hydrogen-bond donors (Lipinski definition) is 1. The Labute approximate surface area is 106 Å². The number of carbonyl (C=O) groups excluding carboxylic acids is 1. The van der Waals surface area contributed by atoms with E-state index in [4.69, 9.17) is 10.5 Å². The second-order valence-electron chi connectivity index (χ2n) is 4.44. The number of anilines is 1. The van der Waals surface area contributed by atoms with E-state index in [1.807, 2.05) is 6.92 Å². The third-order valence-corrected chi connectivity index (χ3v) is 2.88. The normalized spacial score (nSPS) is 18.2. The second kappa shape index (κ2) is 5.35. The zero-order valence-electron chi connectivity index (χ0n) is 10.4. The van der Waals surface area contributed by atoms with Crippen LogP contribution < -0.4 is 15.4 Å². The highest BCUT2D eigenvalue weighted by Gasteiger charge is 2.27. The summed E-state index contributed by atoms with van der Waals surface area (Å²) in [6.45, 7) is 2.83. The summed E-state index contributed by atoms with van der Waals surface area (Å²) in [5, 5.41) is 0. The van der Waals surface area contributed by atoms with Crippen molar-refractivity contribution in [2.45, 2.75) is 25.9 Å². The minimum absolute atomic E-state index is 0.00320. The minimum Gasteiger partial charge on any atom is -0.487 e. The van der Waals surface area contributed by atoms with Crippen molar-refractivity contribution in [3.63, 3.8) is 0 Å². The van der Waals surface area contributed by atoms with Crippen LogP contribution in [0.1, 0.15) is 19.8 Å². The highest BCUT2D eigenvalue weighted by molar-refractivity contribution is 5.95. The van der Waals surface area contributed by atoms with Gasteiger partial charge in [-0.1, -0.05) is 0 Å². The van der Waals surface area contributed by atoms with Gasteiger partial charge in [-0.25, -0.2) is 4.39 Å². The highest BCUT2D eigenvalue weighted by Crippen LogP contribution is 2.34. The molecule has 2 rings (SSSR count). The average Bonchev–Trinajstić information content (AvgIpc) is 2.34. The largest absolute Gasteiger partial charge is 0.487 e. The molecule has 0 radical (unpaired) electrons. The lowest BCUT2D eigenvalue weighted by Crippen LogP contribution is -2.42. The van der Waals surface area contributed by atoms with Crippen LogP contribution in [-0.2, 0) is 4.79 Å². The quantitative estimate of drug-likeness (QED) is 0.890. The summed E-state index contributed by atoms with van der Waals surface area (Å²) in [6.07, 6.45) is 0.919. The summed E-state index contributed by atoms with van der Waals surface area (Å²) in [5.74, 6) is 0.0653. The van der Waals surface area contributed by atoms with Gasteiger partial charge in [0.15, 0.2) is 0 Å². The van der Waals surface area contributed by atoms with Gasteiger partial charge < -0.3 is 15.4 Å². The van der Waals surface area contributed by atoms with Crippen molar-refractivity contribution in [3.8, 4) is 5.75 Å². The number of nitrogens with zero attached hydrogens (tertiary/aromatic N) is 1. The number of hydrogen-bond acceptors (Lipinski definition) is 3. The fraction of sp³-hybridized carbons (Fsp3) is 0.462. The Morgan fingerprint density at radius 2 is 2.39 bits per heavy atom. The van der Waals surface area contributed by atoms with Crippen LogP contribution in [0.2, 0.25) is 0 Å².